The van der Waals surface area contributed by atoms with Gasteiger partial charge in [0, 0.05) is 6.07 Å². The molecule has 3 nitrogen and oxygen atoms in total. The lowest BCUT2D eigenvalue weighted by Gasteiger charge is -1.75. The first-order chi connectivity index (χ1) is 5.88. The predicted molar refractivity (Wildman–Crippen MR) is 46.5 cm³/mol. The van der Waals surface area contributed by atoms with E-state index in [-0.39, 0.29) is 0 Å². The van der Waals surface area contributed by atoms with E-state index in [2.05, 4.69) is 5.27 Å². The van der Waals surface area contributed by atoms with Gasteiger partial charge >= 0.3 is 0 Å². The van der Waals surface area contributed by atoms with Crippen LogP contribution in [-0.2, 0) is 7.05 Å². The van der Waals surface area contributed by atoms with E-state index in [0.29, 0.717) is 0 Å². The molecule has 0 fully saturated rings. The molecule has 0 aliphatic rings. The van der Waals surface area contributed by atoms with E-state index in [1.807, 2.05) is 45.2 Å². The second-order valence-electron chi connectivity index (χ2n) is 2.16. The molecule has 0 saturated heterocycles. The first-order valence-electron chi connectivity index (χ1n) is 4.08. The van der Waals surface area contributed by atoms with Crippen LogP contribution in [0.1, 0.15) is 13.8 Å². The summed E-state index contributed by atoms with van der Waals surface area (Å²) in [6.45, 7) is 4.00. The van der Waals surface area contributed by atoms with Crippen molar-refractivity contribution < 1.29 is 9.20 Å². The van der Waals surface area contributed by atoms with E-state index in [9.17, 15) is 0 Å². The minimum Gasteiger partial charge on any atom is -0.300 e. The Bertz CT molecular complexity index is 354. The van der Waals surface area contributed by atoms with Crippen molar-refractivity contribution in [2.45, 2.75) is 13.8 Å². The third-order valence-electron chi connectivity index (χ3n) is 1.48. The molecule has 0 amide bonds. The monoisotopic (exact) mass is 165 g/mol. The molecule has 0 spiro atoms. The molecule has 0 unspecified atom stereocenters. The minimum atomic E-state index is 0.824. The van der Waals surface area contributed by atoms with Gasteiger partial charge in [-0.05, 0) is 10.7 Å². The Morgan fingerprint density at radius 1 is 1.25 bits per heavy atom. The first kappa shape index (κ1) is 8.71. The van der Waals surface area contributed by atoms with Crippen LogP contribution < -0.4 is 4.68 Å². The molecule has 0 radical (unpaired) electrons. The maximum absolute atomic E-state index is 4.96. The van der Waals surface area contributed by atoms with Gasteiger partial charge in [-0.3, -0.25) is 0 Å². The van der Waals surface area contributed by atoms with E-state index in [4.69, 9.17) is 4.52 Å². The van der Waals surface area contributed by atoms with Crippen molar-refractivity contribution >= 4 is 11.1 Å². The molecule has 1 aromatic carbocycles. The molecule has 2 aromatic rings. The lowest BCUT2D eigenvalue weighted by atomic mass is 10.3. The van der Waals surface area contributed by atoms with Gasteiger partial charge in [0.05, 0.1) is 0 Å². The quantitative estimate of drug-likeness (QED) is 0.556. The molecule has 2 rings (SSSR count). The van der Waals surface area contributed by atoms with Crippen LogP contribution in [0.2, 0.25) is 0 Å². The van der Waals surface area contributed by atoms with Crippen molar-refractivity contribution in [2.24, 2.45) is 7.05 Å². The Morgan fingerprint density at radius 2 is 1.92 bits per heavy atom. The fourth-order valence-corrected chi connectivity index (χ4v) is 0.951. The van der Waals surface area contributed by atoms with E-state index in [1.54, 1.807) is 4.68 Å². The van der Waals surface area contributed by atoms with Crippen LogP contribution in [0.15, 0.2) is 28.8 Å². The van der Waals surface area contributed by atoms with Crippen LogP contribution in [0, 0.1) is 0 Å². The molecule has 3 heteroatoms. The third kappa shape index (κ3) is 1.44. The van der Waals surface area contributed by atoms with Gasteiger partial charge in [-0.1, -0.05) is 26.0 Å². The summed E-state index contributed by atoms with van der Waals surface area (Å²) in [5.41, 5.74) is 1.84. The van der Waals surface area contributed by atoms with Gasteiger partial charge < -0.3 is 4.52 Å². The van der Waals surface area contributed by atoms with E-state index in [1.165, 1.54) is 0 Å². The Balaban J connectivity index is 0.000000336. The number of aryl methyl sites for hydroxylation is 1. The number of hydrogen-bond donors (Lipinski definition) is 0. The van der Waals surface area contributed by atoms with Crippen LogP contribution >= 0.6 is 0 Å². The summed E-state index contributed by atoms with van der Waals surface area (Å²) < 4.78 is 6.67. The highest BCUT2D eigenvalue weighted by molar-refractivity contribution is 5.67. The molecule has 0 N–H and O–H groups in total. The minimum absolute atomic E-state index is 0.824. The fraction of sp³-hybridized carbons (Fsp3) is 0.333. The summed E-state index contributed by atoms with van der Waals surface area (Å²) in [7, 11) is 1.85. The molecule has 64 valence electrons. The van der Waals surface area contributed by atoms with Crippen molar-refractivity contribution in [1.29, 1.82) is 0 Å². The van der Waals surface area contributed by atoms with Gasteiger partial charge in [0.2, 0.25) is 5.58 Å². The molecule has 1 heterocycles. The highest BCUT2D eigenvalue weighted by Crippen LogP contribution is 2.05. The van der Waals surface area contributed by atoms with Gasteiger partial charge in [-0.25, -0.2) is 0 Å². The van der Waals surface area contributed by atoms with Crippen molar-refractivity contribution in [3.8, 4) is 0 Å². The van der Waals surface area contributed by atoms with Crippen LogP contribution in [0.4, 0.5) is 0 Å². The number of aromatic nitrogens is 2. The summed E-state index contributed by atoms with van der Waals surface area (Å²) in [4.78, 5) is 0. The molecule has 0 saturated carbocycles. The van der Waals surface area contributed by atoms with Crippen LogP contribution in [-0.4, -0.2) is 5.27 Å². The maximum atomic E-state index is 4.96. The summed E-state index contributed by atoms with van der Waals surface area (Å²) in [5, 5.41) is 3.74. The molecule has 0 aliphatic carbocycles. The summed E-state index contributed by atoms with van der Waals surface area (Å²) in [6.07, 6.45) is 0. The Kier molecular flexibility index (Phi) is 2.80. The zero-order valence-electron chi connectivity index (χ0n) is 7.61. The number of hydrogen-bond acceptors (Lipinski definition) is 2. The van der Waals surface area contributed by atoms with Crippen LogP contribution in [0.5, 0.6) is 0 Å². The van der Waals surface area contributed by atoms with Crippen LogP contribution in [0.25, 0.3) is 11.1 Å². The Labute approximate surface area is 71.6 Å². The number of rotatable bonds is 0. The second kappa shape index (κ2) is 3.85. The Morgan fingerprint density at radius 3 is 2.58 bits per heavy atom. The largest absolute Gasteiger partial charge is 0.300 e. The number of fused-ring (bicyclic) bond motifs is 1. The zero-order chi connectivity index (χ0) is 8.97. The molecule has 0 atom stereocenters. The topological polar surface area (TPSA) is 29.9 Å². The smallest absolute Gasteiger partial charge is 0.280 e. The van der Waals surface area contributed by atoms with Crippen molar-refractivity contribution in [3.05, 3.63) is 24.3 Å². The summed E-state index contributed by atoms with van der Waals surface area (Å²) in [6, 6.07) is 7.74. The van der Waals surface area contributed by atoms with E-state index in [0.717, 1.165) is 11.1 Å². The third-order valence-corrected chi connectivity index (χ3v) is 1.48. The molecular weight excluding hydrogens is 152 g/mol. The maximum Gasteiger partial charge on any atom is 0.280 e. The highest BCUT2D eigenvalue weighted by Gasteiger charge is 2.08. The Hall–Kier alpha value is -1.38. The van der Waals surface area contributed by atoms with Crippen molar-refractivity contribution in [2.75, 3.05) is 0 Å². The molecule has 12 heavy (non-hydrogen) atoms. The average molecular weight is 165 g/mol. The standard InChI is InChI=1S/C7H7N2O.C2H6/c1-9-6-4-2-3-5-7(6)10-8-9;1-2/h2-5H,1H3;1-2H3/q+1;. The molecule has 0 bridgehead atoms. The normalized spacial score (nSPS) is 9.25. The predicted octanol–water partition coefficient (Wildman–Crippen LogP) is 1.68. The highest BCUT2D eigenvalue weighted by atomic mass is 16.5. The van der Waals surface area contributed by atoms with Crippen molar-refractivity contribution in [1.82, 2.24) is 5.27 Å². The SMILES string of the molecule is CC.C[n+]1noc2ccccc21. The van der Waals surface area contributed by atoms with Crippen molar-refractivity contribution in [3.63, 3.8) is 0 Å². The van der Waals surface area contributed by atoms with Gasteiger partial charge in [-0.15, -0.1) is 0 Å². The lowest BCUT2D eigenvalue weighted by Crippen LogP contribution is -2.29. The van der Waals surface area contributed by atoms with E-state index >= 15 is 0 Å². The van der Waals surface area contributed by atoms with Gasteiger partial charge in [0.25, 0.3) is 5.52 Å². The van der Waals surface area contributed by atoms with Gasteiger partial charge in [0.15, 0.2) is 12.3 Å². The summed E-state index contributed by atoms with van der Waals surface area (Å²) in [5.74, 6) is 0. The van der Waals surface area contributed by atoms with Gasteiger partial charge in [-0.2, -0.15) is 0 Å². The number of para-hydroxylation sites is 2. The number of nitrogens with zero attached hydrogens (tertiary/aromatic N) is 2. The number of benzene rings is 1. The molecule has 0 aliphatic heterocycles. The fourth-order valence-electron chi connectivity index (χ4n) is 0.951. The first-order valence-corrected chi connectivity index (χ1v) is 4.08. The van der Waals surface area contributed by atoms with E-state index < -0.39 is 0 Å². The molecular formula is C9H13N2O+. The molecule has 1 aromatic heterocycles. The summed E-state index contributed by atoms with van der Waals surface area (Å²) >= 11 is 0. The lowest BCUT2D eigenvalue weighted by molar-refractivity contribution is -0.717. The zero-order valence-corrected chi connectivity index (χ0v) is 7.61. The van der Waals surface area contributed by atoms with Gasteiger partial charge in [0.1, 0.15) is 0 Å². The average Bonchev–Trinajstić information content (AvgIpc) is 2.53. The second-order valence-corrected chi connectivity index (χ2v) is 2.16. The van der Waals surface area contributed by atoms with Crippen LogP contribution in [0.3, 0.4) is 0 Å².